The monoisotopic (exact) mass is 536 g/mol. The fourth-order valence-electron chi connectivity index (χ4n) is 5.42. The maximum atomic E-state index is 15.1. The zero-order chi connectivity index (χ0) is 27.3. The normalized spacial score (nSPS) is 17.8. The summed E-state index contributed by atoms with van der Waals surface area (Å²) in [6, 6.07) is 5.32. The van der Waals surface area contributed by atoms with Gasteiger partial charge in [-0.1, -0.05) is 62.8 Å². The number of halogens is 5. The molecule has 2 aromatic rings. The van der Waals surface area contributed by atoms with Crippen LogP contribution in [0.4, 0.5) is 22.0 Å². The minimum Gasteiger partial charge on any atom is -0.491 e. The predicted molar refractivity (Wildman–Crippen MR) is 144 cm³/mol. The van der Waals surface area contributed by atoms with Gasteiger partial charge in [0.25, 0.3) is 0 Å². The summed E-state index contributed by atoms with van der Waals surface area (Å²) < 4.78 is 76.0. The summed E-state index contributed by atoms with van der Waals surface area (Å²) in [5.41, 5.74) is -0.305. The molecule has 0 aromatic heterocycles. The van der Waals surface area contributed by atoms with Crippen LogP contribution in [0.3, 0.4) is 0 Å². The molecular weight excluding hydrogens is 495 g/mol. The zero-order valence-electron chi connectivity index (χ0n) is 22.5. The van der Waals surface area contributed by atoms with Gasteiger partial charge in [0, 0.05) is 11.1 Å². The minimum absolute atomic E-state index is 0.0879. The van der Waals surface area contributed by atoms with Crippen LogP contribution >= 0.6 is 0 Å². The van der Waals surface area contributed by atoms with E-state index in [1.807, 2.05) is 0 Å². The molecule has 38 heavy (non-hydrogen) atoms. The van der Waals surface area contributed by atoms with Crippen LogP contribution in [0.25, 0.3) is 11.1 Å². The highest BCUT2D eigenvalue weighted by atomic mass is 19.2. The van der Waals surface area contributed by atoms with Crippen molar-refractivity contribution in [3.63, 3.8) is 0 Å². The molecule has 0 saturated heterocycles. The summed E-state index contributed by atoms with van der Waals surface area (Å²) in [7, 11) is 0. The summed E-state index contributed by atoms with van der Waals surface area (Å²) in [6.45, 7) is 1.61. The maximum absolute atomic E-state index is 15.1. The van der Waals surface area contributed by atoms with E-state index in [1.54, 1.807) is 6.92 Å². The molecule has 0 aliphatic heterocycles. The van der Waals surface area contributed by atoms with Crippen LogP contribution in [-0.4, -0.2) is 13.3 Å². The second-order valence-corrected chi connectivity index (χ2v) is 10.3. The molecule has 0 spiro atoms. The van der Waals surface area contributed by atoms with Gasteiger partial charge < -0.3 is 4.74 Å². The Hall–Kier alpha value is -2.37. The van der Waals surface area contributed by atoms with E-state index in [1.165, 1.54) is 56.4 Å². The Morgan fingerprint density at radius 3 is 1.92 bits per heavy atom. The van der Waals surface area contributed by atoms with E-state index in [0.29, 0.717) is 17.9 Å². The van der Waals surface area contributed by atoms with Crippen molar-refractivity contribution in [3.8, 4) is 16.9 Å². The van der Waals surface area contributed by atoms with Crippen molar-refractivity contribution in [1.29, 1.82) is 0 Å². The number of unbranched alkanes of at least 4 members (excludes halogenated alkanes) is 8. The number of alkyl halides is 1. The molecule has 0 N–H and O–H groups in total. The highest BCUT2D eigenvalue weighted by Gasteiger charge is 2.27. The van der Waals surface area contributed by atoms with Crippen molar-refractivity contribution in [2.24, 2.45) is 5.92 Å². The largest absolute Gasteiger partial charge is 0.491 e. The molecule has 1 nitrogen and oxygen atoms in total. The van der Waals surface area contributed by atoms with Gasteiger partial charge in [-0.3, -0.25) is 4.39 Å². The average Bonchev–Trinajstić information content (AvgIpc) is 2.92. The Balaban J connectivity index is 1.47. The molecule has 0 radical (unpaired) electrons. The summed E-state index contributed by atoms with van der Waals surface area (Å²) in [5.74, 6) is -4.47. The first kappa shape index (κ1) is 30.2. The minimum atomic E-state index is -1.25. The second kappa shape index (κ2) is 15.9. The molecule has 0 unspecified atom stereocenters. The van der Waals surface area contributed by atoms with E-state index in [0.717, 1.165) is 44.9 Å². The van der Waals surface area contributed by atoms with E-state index in [2.05, 4.69) is 12.2 Å². The third kappa shape index (κ3) is 8.31. The zero-order valence-corrected chi connectivity index (χ0v) is 22.5. The Labute approximate surface area is 224 Å². The first-order chi connectivity index (χ1) is 18.5. The quantitative estimate of drug-likeness (QED) is 0.125. The third-order valence-corrected chi connectivity index (χ3v) is 7.62. The fourth-order valence-corrected chi connectivity index (χ4v) is 5.42. The number of rotatable bonds is 15. The second-order valence-electron chi connectivity index (χ2n) is 10.3. The van der Waals surface area contributed by atoms with Crippen molar-refractivity contribution in [3.05, 3.63) is 65.2 Å². The van der Waals surface area contributed by atoms with Crippen LogP contribution in [0.15, 0.2) is 36.4 Å². The van der Waals surface area contributed by atoms with Gasteiger partial charge in [0.05, 0.1) is 13.3 Å². The fraction of sp³-hybridized carbons (Fsp3) is 0.562. The lowest BCUT2D eigenvalue weighted by Crippen LogP contribution is -2.14. The summed E-state index contributed by atoms with van der Waals surface area (Å²) >= 11 is 0. The van der Waals surface area contributed by atoms with Gasteiger partial charge in [0.2, 0.25) is 5.82 Å². The van der Waals surface area contributed by atoms with Crippen LogP contribution in [0.1, 0.15) is 102 Å². The van der Waals surface area contributed by atoms with Crippen LogP contribution in [0.5, 0.6) is 5.75 Å². The highest BCUT2D eigenvalue weighted by molar-refractivity contribution is 5.66. The Kier molecular flexibility index (Phi) is 12.6. The molecule has 0 heterocycles. The number of hydrogen-bond donors (Lipinski definition) is 0. The standard InChI is InChI=1S/C32H41F5O/c1-2-38-28-21-20-27(31(36)32(28)37)26-19-18-25(29(34)30(26)35)24-16-14-23(15-17-24)13-11-9-7-5-3-4-6-8-10-12-22-33/h11,13,18-21,23-24H,2-10,12,14-17,22H2,1H3/b13-11+. The molecule has 1 fully saturated rings. The molecule has 210 valence electrons. The van der Waals surface area contributed by atoms with Crippen molar-refractivity contribution in [1.82, 2.24) is 0 Å². The van der Waals surface area contributed by atoms with Crippen molar-refractivity contribution in [2.75, 3.05) is 13.3 Å². The summed E-state index contributed by atoms with van der Waals surface area (Å²) in [4.78, 5) is 0. The van der Waals surface area contributed by atoms with Crippen LogP contribution in [0.2, 0.25) is 0 Å². The molecule has 0 bridgehead atoms. The SMILES string of the molecule is CCOc1ccc(-c2ccc(C3CCC(/C=C/CCCCCCCCCCF)CC3)c(F)c2F)c(F)c1F. The van der Waals surface area contributed by atoms with E-state index in [4.69, 9.17) is 4.74 Å². The van der Waals surface area contributed by atoms with Crippen molar-refractivity contribution in [2.45, 2.75) is 96.3 Å². The molecule has 2 aromatic carbocycles. The number of ether oxygens (including phenoxy) is 1. The molecule has 3 rings (SSSR count). The first-order valence-electron chi connectivity index (χ1n) is 14.3. The lowest BCUT2D eigenvalue weighted by molar-refractivity contribution is 0.314. The van der Waals surface area contributed by atoms with Gasteiger partial charge in [-0.05, 0) is 81.4 Å². The smallest absolute Gasteiger partial charge is 0.201 e. The molecular formula is C32H41F5O. The van der Waals surface area contributed by atoms with E-state index in [9.17, 15) is 13.2 Å². The molecule has 1 saturated carbocycles. The molecule has 1 aliphatic rings. The van der Waals surface area contributed by atoms with Gasteiger partial charge in [0.15, 0.2) is 23.2 Å². The Bertz CT molecular complexity index is 1030. The van der Waals surface area contributed by atoms with Gasteiger partial charge in [-0.25, -0.2) is 13.2 Å². The van der Waals surface area contributed by atoms with E-state index in [-0.39, 0.29) is 36.1 Å². The van der Waals surface area contributed by atoms with Crippen molar-refractivity contribution >= 4 is 0 Å². The number of hydrogen-bond acceptors (Lipinski definition) is 1. The average molecular weight is 537 g/mol. The molecule has 0 amide bonds. The lowest BCUT2D eigenvalue weighted by Gasteiger charge is -2.27. The van der Waals surface area contributed by atoms with Crippen molar-refractivity contribution < 1.29 is 26.7 Å². The van der Waals surface area contributed by atoms with Gasteiger partial charge in [-0.2, -0.15) is 4.39 Å². The van der Waals surface area contributed by atoms with Gasteiger partial charge in [-0.15, -0.1) is 0 Å². The Morgan fingerprint density at radius 1 is 0.711 bits per heavy atom. The Morgan fingerprint density at radius 2 is 1.29 bits per heavy atom. The highest BCUT2D eigenvalue weighted by Crippen LogP contribution is 2.40. The van der Waals surface area contributed by atoms with Crippen LogP contribution < -0.4 is 4.74 Å². The summed E-state index contributed by atoms with van der Waals surface area (Å²) in [6.07, 6.45) is 17.8. The maximum Gasteiger partial charge on any atom is 0.201 e. The van der Waals surface area contributed by atoms with Crippen LogP contribution in [0, 0.1) is 29.2 Å². The third-order valence-electron chi connectivity index (χ3n) is 7.62. The van der Waals surface area contributed by atoms with E-state index < -0.39 is 23.3 Å². The predicted octanol–water partition coefficient (Wildman–Crippen LogP) is 10.6. The van der Waals surface area contributed by atoms with Gasteiger partial charge >= 0.3 is 0 Å². The topological polar surface area (TPSA) is 9.23 Å². The lowest BCUT2D eigenvalue weighted by atomic mass is 9.78. The van der Waals surface area contributed by atoms with Gasteiger partial charge in [0.1, 0.15) is 0 Å². The number of allylic oxidation sites excluding steroid dienone is 2. The first-order valence-corrected chi connectivity index (χ1v) is 14.3. The molecule has 1 aliphatic carbocycles. The summed E-state index contributed by atoms with van der Waals surface area (Å²) in [5, 5.41) is 0. The van der Waals surface area contributed by atoms with Crippen LogP contribution in [-0.2, 0) is 0 Å². The molecule has 6 heteroatoms. The number of benzene rings is 2. The molecule has 0 atom stereocenters. The van der Waals surface area contributed by atoms with E-state index >= 15 is 8.78 Å².